The van der Waals surface area contributed by atoms with Crippen molar-refractivity contribution in [2.24, 2.45) is 0 Å². The van der Waals surface area contributed by atoms with Crippen LogP contribution in [0.25, 0.3) is 88.0 Å². The van der Waals surface area contributed by atoms with Crippen LogP contribution < -0.4 is 0 Å². The summed E-state index contributed by atoms with van der Waals surface area (Å²) in [6.45, 7) is 0. The quantitative estimate of drug-likeness (QED) is 0.188. The van der Waals surface area contributed by atoms with Crippen molar-refractivity contribution in [2.45, 2.75) is 0 Å². The molecule has 2 heterocycles. The number of para-hydroxylation sites is 4. The van der Waals surface area contributed by atoms with Gasteiger partial charge in [0.25, 0.3) is 0 Å². The van der Waals surface area contributed by atoms with Crippen molar-refractivity contribution in [3.05, 3.63) is 182 Å². The summed E-state index contributed by atoms with van der Waals surface area (Å²) in [5.74, 6) is 0. The van der Waals surface area contributed by atoms with Crippen LogP contribution in [-0.2, 0) is 0 Å². The first-order chi connectivity index (χ1) is 23.8. The molecule has 0 aliphatic rings. The van der Waals surface area contributed by atoms with E-state index in [2.05, 4.69) is 191 Å². The van der Waals surface area contributed by atoms with Gasteiger partial charge in [-0.05, 0) is 81.6 Å². The van der Waals surface area contributed by atoms with Gasteiger partial charge in [-0.15, -0.1) is 0 Å². The number of aromatic nitrogens is 2. The Balaban J connectivity index is 1.17. The molecule has 0 unspecified atom stereocenters. The highest BCUT2D eigenvalue weighted by molar-refractivity contribution is 6.11. The fourth-order valence-corrected chi connectivity index (χ4v) is 7.85. The van der Waals surface area contributed by atoms with E-state index >= 15 is 0 Å². The zero-order chi connectivity index (χ0) is 31.6. The summed E-state index contributed by atoms with van der Waals surface area (Å²) in [5, 5.41) is 7.58. The molecule has 0 bridgehead atoms. The molecule has 0 aliphatic carbocycles. The molecule has 0 radical (unpaired) electrons. The average molecular weight is 611 g/mol. The first-order valence-electron chi connectivity index (χ1n) is 16.5. The van der Waals surface area contributed by atoms with E-state index in [0.29, 0.717) is 0 Å². The summed E-state index contributed by atoms with van der Waals surface area (Å²) < 4.78 is 4.80. The first-order valence-corrected chi connectivity index (χ1v) is 16.5. The van der Waals surface area contributed by atoms with E-state index < -0.39 is 0 Å². The highest BCUT2D eigenvalue weighted by atomic mass is 15.0. The standard InChI is InChI=1S/C46H30N2/c1-5-25-42-38(19-1)39-20-2-6-26-43(39)47(42)34-17-9-15-32(29-34)36-23-11-13-31-14-12-24-37(46(31)36)33-16-10-18-35(30-33)48-44-27-7-3-21-40(44)41-22-4-8-28-45(41)48/h1-30H. The highest BCUT2D eigenvalue weighted by Crippen LogP contribution is 2.40. The lowest BCUT2D eigenvalue weighted by atomic mass is 9.91. The second-order valence-corrected chi connectivity index (χ2v) is 12.5. The fourth-order valence-electron chi connectivity index (χ4n) is 7.85. The van der Waals surface area contributed by atoms with Gasteiger partial charge < -0.3 is 9.13 Å². The van der Waals surface area contributed by atoms with Crippen LogP contribution in [0.2, 0.25) is 0 Å². The zero-order valence-electron chi connectivity index (χ0n) is 26.2. The summed E-state index contributed by atoms with van der Waals surface area (Å²) in [4.78, 5) is 0. The third kappa shape index (κ3) is 4.00. The Bertz CT molecular complexity index is 2550. The molecule has 0 aliphatic heterocycles. The highest BCUT2D eigenvalue weighted by Gasteiger charge is 2.16. The number of rotatable bonds is 4. The molecular formula is C46H30N2. The van der Waals surface area contributed by atoms with E-state index in [9.17, 15) is 0 Å². The smallest absolute Gasteiger partial charge is 0.0541 e. The molecular weight excluding hydrogens is 581 g/mol. The fraction of sp³-hybridized carbons (Fsp3) is 0. The summed E-state index contributed by atoms with van der Waals surface area (Å²) in [7, 11) is 0. The lowest BCUT2D eigenvalue weighted by molar-refractivity contribution is 1.18. The SMILES string of the molecule is c1cc(-c2cccc3cccc(-c4cccc(-n5c6ccccc6c6ccccc65)c4)c23)cc(-n2c3ccccc3c3ccccc32)c1. The van der Waals surface area contributed by atoms with Crippen LogP contribution in [0.4, 0.5) is 0 Å². The number of benzene rings is 8. The van der Waals surface area contributed by atoms with Crippen molar-refractivity contribution in [1.29, 1.82) is 0 Å². The van der Waals surface area contributed by atoms with E-state index in [4.69, 9.17) is 0 Å². The summed E-state index contributed by atoms with van der Waals surface area (Å²) in [6, 6.07) is 66.2. The van der Waals surface area contributed by atoms with Gasteiger partial charge in [0, 0.05) is 32.9 Å². The number of hydrogen-bond donors (Lipinski definition) is 0. The van der Waals surface area contributed by atoms with Gasteiger partial charge in [-0.25, -0.2) is 0 Å². The lowest BCUT2D eigenvalue weighted by Crippen LogP contribution is -1.95. The number of hydrogen-bond acceptors (Lipinski definition) is 0. The number of fused-ring (bicyclic) bond motifs is 7. The molecule has 2 aromatic heterocycles. The molecule has 224 valence electrons. The second kappa shape index (κ2) is 10.6. The molecule has 0 atom stereocenters. The van der Waals surface area contributed by atoms with Crippen LogP contribution in [0.5, 0.6) is 0 Å². The predicted molar refractivity (Wildman–Crippen MR) is 203 cm³/mol. The van der Waals surface area contributed by atoms with Crippen molar-refractivity contribution in [3.8, 4) is 33.6 Å². The molecule has 0 N–H and O–H groups in total. The van der Waals surface area contributed by atoms with E-state index in [1.165, 1.54) is 76.6 Å². The largest absolute Gasteiger partial charge is 0.309 e. The first kappa shape index (κ1) is 26.8. The van der Waals surface area contributed by atoms with Crippen molar-refractivity contribution < 1.29 is 0 Å². The third-order valence-corrected chi connectivity index (χ3v) is 9.90. The van der Waals surface area contributed by atoms with E-state index in [1.54, 1.807) is 0 Å². The molecule has 0 saturated heterocycles. The van der Waals surface area contributed by atoms with Gasteiger partial charge >= 0.3 is 0 Å². The van der Waals surface area contributed by atoms with Gasteiger partial charge in [0.05, 0.1) is 22.1 Å². The van der Waals surface area contributed by atoms with Gasteiger partial charge in [-0.1, -0.05) is 133 Å². The minimum atomic E-state index is 1.16. The molecule has 2 nitrogen and oxygen atoms in total. The third-order valence-electron chi connectivity index (χ3n) is 9.90. The predicted octanol–water partition coefficient (Wildman–Crippen LogP) is 12.4. The molecule has 10 rings (SSSR count). The van der Waals surface area contributed by atoms with Gasteiger partial charge in [-0.3, -0.25) is 0 Å². The van der Waals surface area contributed by atoms with Crippen LogP contribution >= 0.6 is 0 Å². The van der Waals surface area contributed by atoms with Crippen molar-refractivity contribution in [2.75, 3.05) is 0 Å². The van der Waals surface area contributed by atoms with Crippen LogP contribution in [0.15, 0.2) is 182 Å². The Morgan fingerprint density at radius 3 is 1.04 bits per heavy atom. The summed E-state index contributed by atoms with van der Waals surface area (Å²) in [6.07, 6.45) is 0. The van der Waals surface area contributed by atoms with E-state index in [-0.39, 0.29) is 0 Å². The molecule has 0 fully saturated rings. The van der Waals surface area contributed by atoms with Gasteiger partial charge in [0.1, 0.15) is 0 Å². The minimum absolute atomic E-state index is 1.16. The summed E-state index contributed by atoms with van der Waals surface area (Å²) in [5.41, 5.74) is 12.1. The lowest BCUT2D eigenvalue weighted by Gasteiger charge is -2.16. The van der Waals surface area contributed by atoms with Gasteiger partial charge in [-0.2, -0.15) is 0 Å². The molecule has 0 spiro atoms. The molecule has 48 heavy (non-hydrogen) atoms. The van der Waals surface area contributed by atoms with Crippen molar-refractivity contribution in [1.82, 2.24) is 9.13 Å². The van der Waals surface area contributed by atoms with Crippen LogP contribution in [0.3, 0.4) is 0 Å². The molecule has 0 amide bonds. The molecule has 8 aromatic carbocycles. The monoisotopic (exact) mass is 610 g/mol. The van der Waals surface area contributed by atoms with E-state index in [0.717, 1.165) is 11.4 Å². The van der Waals surface area contributed by atoms with E-state index in [1.807, 2.05) is 0 Å². The zero-order valence-corrected chi connectivity index (χ0v) is 26.2. The average Bonchev–Trinajstić information content (AvgIpc) is 3.68. The van der Waals surface area contributed by atoms with Crippen LogP contribution in [-0.4, -0.2) is 9.13 Å². The maximum atomic E-state index is 2.40. The van der Waals surface area contributed by atoms with Crippen LogP contribution in [0.1, 0.15) is 0 Å². The Kier molecular flexibility index (Phi) is 5.91. The Morgan fingerprint density at radius 1 is 0.292 bits per heavy atom. The van der Waals surface area contributed by atoms with Crippen LogP contribution in [0, 0.1) is 0 Å². The van der Waals surface area contributed by atoms with Gasteiger partial charge in [0.2, 0.25) is 0 Å². The minimum Gasteiger partial charge on any atom is -0.309 e. The molecule has 2 heteroatoms. The van der Waals surface area contributed by atoms with Crippen molar-refractivity contribution in [3.63, 3.8) is 0 Å². The van der Waals surface area contributed by atoms with Crippen molar-refractivity contribution >= 4 is 54.4 Å². The topological polar surface area (TPSA) is 9.86 Å². The Morgan fingerprint density at radius 2 is 0.646 bits per heavy atom. The Hall–Kier alpha value is -6.38. The maximum Gasteiger partial charge on any atom is 0.0541 e. The van der Waals surface area contributed by atoms with Gasteiger partial charge in [0.15, 0.2) is 0 Å². The second-order valence-electron chi connectivity index (χ2n) is 12.5. The maximum absolute atomic E-state index is 2.40. The Labute approximate surface area is 278 Å². The molecule has 10 aromatic rings. The normalized spacial score (nSPS) is 11.8. The molecule has 0 saturated carbocycles. The summed E-state index contributed by atoms with van der Waals surface area (Å²) >= 11 is 0. The number of nitrogens with zero attached hydrogens (tertiary/aromatic N) is 2.